The molecule has 0 saturated carbocycles. The van der Waals surface area contributed by atoms with Gasteiger partial charge in [0.15, 0.2) is 0 Å². The average molecular weight is 354 g/mol. The molecule has 0 aliphatic carbocycles. The maximum Gasteiger partial charge on any atom is 0.341 e. The Hall–Kier alpha value is -0.990. The number of primary sulfonamides is 1. The van der Waals surface area contributed by atoms with Crippen molar-refractivity contribution in [3.8, 4) is 0 Å². The van der Waals surface area contributed by atoms with Gasteiger partial charge in [-0.3, -0.25) is 0 Å². The fourth-order valence-corrected chi connectivity index (χ4v) is 2.84. The van der Waals surface area contributed by atoms with E-state index in [0.717, 1.165) is 12.1 Å². The second-order valence-corrected chi connectivity index (χ2v) is 7.19. The molecule has 0 heterocycles. The van der Waals surface area contributed by atoms with Crippen LogP contribution in [0.5, 0.6) is 0 Å². The van der Waals surface area contributed by atoms with Crippen molar-refractivity contribution < 1.29 is 22.3 Å². The fraction of sp³-hybridized carbons (Fsp3) is 0.364. The number of hydrogen-bond acceptors (Lipinski definition) is 4. The molecule has 0 aliphatic rings. The maximum absolute atomic E-state index is 13.7. The van der Waals surface area contributed by atoms with Gasteiger partial charge >= 0.3 is 5.97 Å². The van der Waals surface area contributed by atoms with Crippen molar-refractivity contribution in [2.75, 3.05) is 0 Å². The summed E-state index contributed by atoms with van der Waals surface area (Å²) >= 11 is 2.88. The van der Waals surface area contributed by atoms with Crippen LogP contribution in [0.25, 0.3) is 0 Å². The molecular formula is C11H13BrFNO4S. The van der Waals surface area contributed by atoms with Crippen LogP contribution in [-0.4, -0.2) is 20.0 Å². The number of benzene rings is 1. The number of esters is 1. The summed E-state index contributed by atoms with van der Waals surface area (Å²) in [6, 6.07) is 1.71. The molecule has 1 aromatic rings. The third-order valence-electron chi connectivity index (χ3n) is 1.95. The monoisotopic (exact) mass is 353 g/mol. The molecule has 2 N–H and O–H groups in total. The highest BCUT2D eigenvalue weighted by Crippen LogP contribution is 2.26. The van der Waals surface area contributed by atoms with Crippen LogP contribution in [0, 0.1) is 5.82 Å². The minimum atomic E-state index is -4.07. The van der Waals surface area contributed by atoms with Crippen molar-refractivity contribution in [2.45, 2.75) is 31.3 Å². The van der Waals surface area contributed by atoms with Gasteiger partial charge in [-0.15, -0.1) is 0 Å². The number of ether oxygens (including phenoxy) is 1. The fourth-order valence-electron chi connectivity index (χ4n) is 1.24. The van der Waals surface area contributed by atoms with E-state index in [1.807, 2.05) is 0 Å². The number of hydrogen-bond donors (Lipinski definition) is 1. The number of sulfonamides is 1. The van der Waals surface area contributed by atoms with E-state index in [9.17, 15) is 17.6 Å². The number of rotatable bonds is 2. The molecule has 0 spiro atoms. The number of halogens is 2. The first-order chi connectivity index (χ1) is 8.42. The predicted octanol–water partition coefficient (Wildman–Crippen LogP) is 2.19. The van der Waals surface area contributed by atoms with E-state index in [1.54, 1.807) is 20.8 Å². The molecule has 0 bridgehead atoms. The normalized spacial score (nSPS) is 12.3. The Bertz CT molecular complexity index is 622. The van der Waals surface area contributed by atoms with Crippen LogP contribution in [0.1, 0.15) is 31.1 Å². The molecule has 0 aromatic heterocycles. The molecule has 0 amide bonds. The lowest BCUT2D eigenvalue weighted by Crippen LogP contribution is -2.25. The van der Waals surface area contributed by atoms with Crippen LogP contribution >= 0.6 is 15.9 Å². The van der Waals surface area contributed by atoms with Crippen LogP contribution in [0.15, 0.2) is 21.5 Å². The largest absolute Gasteiger partial charge is 0.456 e. The minimum absolute atomic E-state index is 0.0557. The lowest BCUT2D eigenvalue weighted by Gasteiger charge is -2.20. The van der Waals surface area contributed by atoms with Crippen molar-refractivity contribution in [3.05, 3.63) is 28.0 Å². The van der Waals surface area contributed by atoms with Gasteiger partial charge < -0.3 is 4.74 Å². The Labute approximate surface area is 119 Å². The van der Waals surface area contributed by atoms with Crippen molar-refractivity contribution in [3.63, 3.8) is 0 Å². The van der Waals surface area contributed by atoms with Gasteiger partial charge in [-0.2, -0.15) is 0 Å². The van der Waals surface area contributed by atoms with Crippen LogP contribution in [0.2, 0.25) is 0 Å². The van der Waals surface area contributed by atoms with Crippen molar-refractivity contribution in [1.82, 2.24) is 0 Å². The van der Waals surface area contributed by atoms with E-state index in [-0.39, 0.29) is 9.37 Å². The van der Waals surface area contributed by atoms with Gasteiger partial charge in [-0.1, -0.05) is 0 Å². The molecule has 0 unspecified atom stereocenters. The minimum Gasteiger partial charge on any atom is -0.456 e. The molecule has 8 heteroatoms. The van der Waals surface area contributed by atoms with Gasteiger partial charge in [0.25, 0.3) is 0 Å². The molecule has 106 valence electrons. The van der Waals surface area contributed by atoms with Gasteiger partial charge in [0.05, 0.1) is 10.5 Å². The third-order valence-corrected chi connectivity index (χ3v) is 3.82. The van der Waals surface area contributed by atoms with Crippen molar-refractivity contribution in [2.24, 2.45) is 5.14 Å². The molecular weight excluding hydrogens is 341 g/mol. The van der Waals surface area contributed by atoms with E-state index in [2.05, 4.69) is 15.9 Å². The lowest BCUT2D eigenvalue weighted by atomic mass is 10.1. The predicted molar refractivity (Wildman–Crippen MR) is 70.6 cm³/mol. The summed E-state index contributed by atoms with van der Waals surface area (Å²) in [4.78, 5) is 11.4. The Morgan fingerprint density at radius 3 is 2.32 bits per heavy atom. The highest BCUT2D eigenvalue weighted by molar-refractivity contribution is 9.10. The van der Waals surface area contributed by atoms with Crippen LogP contribution < -0.4 is 5.14 Å². The summed E-state index contributed by atoms with van der Waals surface area (Å²) in [5, 5.41) is 4.97. The van der Waals surface area contributed by atoms with Crippen LogP contribution in [0.4, 0.5) is 4.39 Å². The summed E-state index contributed by atoms with van der Waals surface area (Å²) in [6.45, 7) is 4.84. The lowest BCUT2D eigenvalue weighted by molar-refractivity contribution is 0.00644. The average Bonchev–Trinajstić information content (AvgIpc) is 2.11. The highest BCUT2D eigenvalue weighted by atomic mass is 79.9. The van der Waals surface area contributed by atoms with Gasteiger partial charge in [0.2, 0.25) is 10.0 Å². The van der Waals surface area contributed by atoms with E-state index in [4.69, 9.17) is 9.88 Å². The summed E-state index contributed by atoms with van der Waals surface area (Å²) in [5.41, 5.74) is -1.31. The van der Waals surface area contributed by atoms with E-state index < -0.39 is 33.0 Å². The number of nitrogens with two attached hydrogens (primary N) is 1. The van der Waals surface area contributed by atoms with E-state index >= 15 is 0 Å². The molecule has 0 saturated heterocycles. The SMILES string of the molecule is CC(C)(C)OC(=O)c1cc(S(N)(=O)=O)c(Br)cc1F. The van der Waals surface area contributed by atoms with Crippen LogP contribution in [0.3, 0.4) is 0 Å². The topological polar surface area (TPSA) is 86.5 Å². The zero-order chi connectivity index (χ0) is 15.0. The second kappa shape index (κ2) is 5.18. The quantitative estimate of drug-likeness (QED) is 0.825. The molecule has 1 aromatic carbocycles. The van der Waals surface area contributed by atoms with Gasteiger partial charge in [-0.25, -0.2) is 22.7 Å². The zero-order valence-electron chi connectivity index (χ0n) is 10.5. The molecule has 5 nitrogen and oxygen atoms in total. The Morgan fingerprint density at radius 1 is 1.37 bits per heavy atom. The molecule has 0 atom stereocenters. The van der Waals surface area contributed by atoms with Crippen LogP contribution in [-0.2, 0) is 14.8 Å². The van der Waals surface area contributed by atoms with E-state index in [1.165, 1.54) is 0 Å². The summed E-state index contributed by atoms with van der Waals surface area (Å²) in [6.07, 6.45) is 0. The smallest absolute Gasteiger partial charge is 0.341 e. The molecule has 0 aliphatic heterocycles. The highest BCUT2D eigenvalue weighted by Gasteiger charge is 2.24. The van der Waals surface area contributed by atoms with Crippen molar-refractivity contribution in [1.29, 1.82) is 0 Å². The Balaban J connectivity index is 3.34. The standard InChI is InChI=1S/C11H13BrFNO4S/c1-11(2,3)18-10(15)6-4-9(19(14,16)17)7(12)5-8(6)13/h4-5H,1-3H3,(H2,14,16,17). The summed E-state index contributed by atoms with van der Waals surface area (Å²) in [5.74, 6) is -1.85. The zero-order valence-corrected chi connectivity index (χ0v) is 12.9. The maximum atomic E-state index is 13.7. The molecule has 0 radical (unpaired) electrons. The second-order valence-electron chi connectivity index (χ2n) is 4.81. The van der Waals surface area contributed by atoms with Crippen molar-refractivity contribution >= 4 is 31.9 Å². The first kappa shape index (κ1) is 16.1. The number of carbonyl (C=O) groups is 1. The third kappa shape index (κ3) is 4.26. The molecule has 1 rings (SSSR count). The summed E-state index contributed by atoms with van der Waals surface area (Å²) < 4.78 is 41.2. The molecule has 0 fully saturated rings. The first-order valence-electron chi connectivity index (χ1n) is 5.17. The van der Waals surface area contributed by atoms with Gasteiger partial charge in [0.1, 0.15) is 11.4 Å². The Morgan fingerprint density at radius 2 is 1.89 bits per heavy atom. The Kier molecular flexibility index (Phi) is 4.38. The first-order valence-corrected chi connectivity index (χ1v) is 7.51. The molecule has 19 heavy (non-hydrogen) atoms. The van der Waals surface area contributed by atoms with Gasteiger partial charge in [-0.05, 0) is 48.8 Å². The van der Waals surface area contributed by atoms with Gasteiger partial charge in [0, 0.05) is 4.47 Å². The number of carbonyl (C=O) groups excluding carboxylic acids is 1. The van der Waals surface area contributed by atoms with E-state index in [0.29, 0.717) is 0 Å². The summed E-state index contributed by atoms with van der Waals surface area (Å²) in [7, 11) is -4.07.